The van der Waals surface area contributed by atoms with Crippen LogP contribution in [0.5, 0.6) is 0 Å². The minimum absolute atomic E-state index is 0.000742. The smallest absolute Gasteiger partial charge is 0.333 e. The summed E-state index contributed by atoms with van der Waals surface area (Å²) in [6.45, 7) is 0.759. The highest BCUT2D eigenvalue weighted by atomic mass is 16.4. The van der Waals surface area contributed by atoms with Crippen LogP contribution in [-0.4, -0.2) is 29.7 Å². The molecule has 5 rings (SSSR count). The molecular formula is C22H22N2O2. The zero-order chi connectivity index (χ0) is 17.7. The summed E-state index contributed by atoms with van der Waals surface area (Å²) in [6, 6.07) is 17.6. The third kappa shape index (κ3) is 2.53. The molecule has 0 radical (unpaired) electrons. The van der Waals surface area contributed by atoms with Crippen LogP contribution in [0.4, 0.5) is 11.4 Å². The number of hydrogen-bond donors (Lipinski definition) is 2. The van der Waals surface area contributed by atoms with Crippen molar-refractivity contribution in [1.29, 1.82) is 0 Å². The summed E-state index contributed by atoms with van der Waals surface area (Å²) in [7, 11) is 0. The Kier molecular flexibility index (Phi) is 3.61. The number of carboxylic acid groups (broad SMARTS) is 1. The van der Waals surface area contributed by atoms with Crippen LogP contribution >= 0.6 is 0 Å². The zero-order valence-corrected chi connectivity index (χ0v) is 14.6. The van der Waals surface area contributed by atoms with Crippen molar-refractivity contribution >= 4 is 23.4 Å². The van der Waals surface area contributed by atoms with Crippen molar-refractivity contribution in [3.05, 3.63) is 65.2 Å². The molecule has 2 N–H and O–H groups in total. The molecule has 2 heterocycles. The lowest BCUT2D eigenvalue weighted by atomic mass is 9.95. The Morgan fingerprint density at radius 2 is 1.96 bits per heavy atom. The van der Waals surface area contributed by atoms with Gasteiger partial charge in [0, 0.05) is 29.9 Å². The highest BCUT2D eigenvalue weighted by Gasteiger charge is 2.42. The number of benzene rings is 2. The molecule has 132 valence electrons. The molecule has 0 aromatic heterocycles. The molecular weight excluding hydrogens is 324 g/mol. The van der Waals surface area contributed by atoms with E-state index in [-0.39, 0.29) is 6.04 Å². The van der Waals surface area contributed by atoms with Gasteiger partial charge in [-0.05, 0) is 54.3 Å². The van der Waals surface area contributed by atoms with E-state index < -0.39 is 5.97 Å². The third-order valence-corrected chi connectivity index (χ3v) is 5.91. The van der Waals surface area contributed by atoms with Crippen LogP contribution in [0.2, 0.25) is 0 Å². The van der Waals surface area contributed by atoms with Crippen molar-refractivity contribution in [2.24, 2.45) is 0 Å². The first-order valence-electron chi connectivity index (χ1n) is 9.39. The summed E-state index contributed by atoms with van der Waals surface area (Å²) >= 11 is 0. The number of nitrogens with zero attached hydrogens (tertiary/aromatic N) is 1. The Bertz CT molecular complexity index is 886. The van der Waals surface area contributed by atoms with Crippen LogP contribution in [-0.2, 0) is 4.79 Å². The van der Waals surface area contributed by atoms with Crippen molar-refractivity contribution in [3.8, 4) is 0 Å². The summed E-state index contributed by atoms with van der Waals surface area (Å²) in [6.07, 6.45) is 5.52. The summed E-state index contributed by atoms with van der Waals surface area (Å²) in [5, 5.41) is 12.6. The van der Waals surface area contributed by atoms with Crippen LogP contribution in [0, 0.1) is 0 Å². The largest absolute Gasteiger partial charge is 0.478 e. The minimum atomic E-state index is -0.829. The lowest BCUT2D eigenvalue weighted by Gasteiger charge is -2.27. The van der Waals surface area contributed by atoms with Crippen molar-refractivity contribution in [1.82, 2.24) is 5.32 Å². The number of para-hydroxylation sites is 1. The first kappa shape index (κ1) is 15.6. The average Bonchev–Trinajstić information content (AvgIpc) is 3.29. The van der Waals surface area contributed by atoms with Crippen LogP contribution in [0.25, 0.3) is 6.08 Å². The molecule has 1 aliphatic carbocycles. The normalized spacial score (nSPS) is 26.5. The molecule has 1 saturated carbocycles. The predicted octanol–water partition coefficient (Wildman–Crippen LogP) is 3.91. The summed E-state index contributed by atoms with van der Waals surface area (Å²) < 4.78 is 0. The monoisotopic (exact) mass is 346 g/mol. The van der Waals surface area contributed by atoms with Crippen LogP contribution in [0.1, 0.15) is 36.3 Å². The van der Waals surface area contributed by atoms with E-state index in [4.69, 9.17) is 0 Å². The highest BCUT2D eigenvalue weighted by Crippen LogP contribution is 2.52. The fourth-order valence-corrected chi connectivity index (χ4v) is 4.66. The van der Waals surface area contributed by atoms with Crippen molar-refractivity contribution in [2.45, 2.75) is 37.3 Å². The molecule has 2 aliphatic heterocycles. The first-order chi connectivity index (χ1) is 12.7. The lowest BCUT2D eigenvalue weighted by molar-refractivity contribution is -0.132. The van der Waals surface area contributed by atoms with Gasteiger partial charge in [0.15, 0.2) is 0 Å². The Balaban J connectivity index is 1.57. The second-order valence-corrected chi connectivity index (χ2v) is 7.49. The average molecular weight is 346 g/mol. The second-order valence-electron chi connectivity index (χ2n) is 7.49. The Morgan fingerprint density at radius 3 is 2.69 bits per heavy atom. The third-order valence-electron chi connectivity index (χ3n) is 5.91. The van der Waals surface area contributed by atoms with E-state index in [2.05, 4.69) is 58.7 Å². The van der Waals surface area contributed by atoms with Crippen LogP contribution in [0.15, 0.2) is 54.1 Å². The number of anilines is 2. The predicted molar refractivity (Wildman–Crippen MR) is 103 cm³/mol. The summed E-state index contributed by atoms with van der Waals surface area (Å²) in [5.41, 5.74) is 5.36. The highest BCUT2D eigenvalue weighted by molar-refractivity contribution is 5.94. The molecule has 0 bridgehead atoms. The van der Waals surface area contributed by atoms with E-state index in [9.17, 15) is 9.90 Å². The van der Waals surface area contributed by atoms with Crippen LogP contribution < -0.4 is 10.2 Å². The molecule has 4 nitrogen and oxygen atoms in total. The maximum absolute atomic E-state index is 11.5. The van der Waals surface area contributed by atoms with Gasteiger partial charge < -0.3 is 15.3 Å². The topological polar surface area (TPSA) is 62.5 Å². The van der Waals surface area contributed by atoms with Crippen LogP contribution in [0.3, 0.4) is 0 Å². The standard InChI is InChI=1S/C22H22N2O2/c25-22(26)18(19-13-23-19)12-14-9-10-21-17(11-14)16-7-4-8-20(16)24(21)15-5-2-1-3-6-15/h1-3,5-6,9-12,16,19-20,23H,4,7-8,13H2,(H,25,26)/b18-12+. The van der Waals surface area contributed by atoms with Gasteiger partial charge in [0.2, 0.25) is 0 Å². The number of hydrogen-bond acceptors (Lipinski definition) is 3. The van der Waals surface area contributed by atoms with Gasteiger partial charge in [-0.2, -0.15) is 0 Å². The fourth-order valence-electron chi connectivity index (χ4n) is 4.66. The SMILES string of the molecule is O=C(O)/C(=C/c1ccc2c(c1)C1CCCC1N2c1ccccc1)C1CN1. The molecule has 3 atom stereocenters. The van der Waals surface area contributed by atoms with Crippen molar-refractivity contribution in [3.63, 3.8) is 0 Å². The molecule has 2 aromatic rings. The fraction of sp³-hybridized carbons (Fsp3) is 0.318. The van der Waals surface area contributed by atoms with Gasteiger partial charge in [-0.15, -0.1) is 0 Å². The van der Waals surface area contributed by atoms with Gasteiger partial charge in [-0.25, -0.2) is 4.79 Å². The molecule has 26 heavy (non-hydrogen) atoms. The minimum Gasteiger partial charge on any atom is -0.478 e. The number of carbonyl (C=O) groups is 1. The van der Waals surface area contributed by atoms with Gasteiger partial charge >= 0.3 is 5.97 Å². The van der Waals surface area contributed by atoms with Crippen molar-refractivity contribution in [2.75, 3.05) is 11.4 Å². The number of aliphatic carboxylic acids is 1. The lowest BCUT2D eigenvalue weighted by Crippen LogP contribution is -2.26. The molecule has 3 aliphatic rings. The Morgan fingerprint density at radius 1 is 1.15 bits per heavy atom. The second kappa shape index (κ2) is 5.99. The molecule has 0 spiro atoms. The molecule has 2 fully saturated rings. The molecule has 1 saturated heterocycles. The number of rotatable bonds is 4. The molecule has 4 heteroatoms. The number of carboxylic acids is 1. The van der Waals surface area contributed by atoms with Gasteiger partial charge in [0.1, 0.15) is 0 Å². The number of fused-ring (bicyclic) bond motifs is 3. The summed E-state index contributed by atoms with van der Waals surface area (Å²) in [5.74, 6) is -0.281. The van der Waals surface area contributed by atoms with E-state index in [1.807, 2.05) is 6.08 Å². The van der Waals surface area contributed by atoms with E-state index in [1.165, 1.54) is 36.2 Å². The Labute approximate surface area is 153 Å². The Hall–Kier alpha value is -2.59. The molecule has 0 amide bonds. The summed E-state index contributed by atoms with van der Waals surface area (Å²) in [4.78, 5) is 14.0. The van der Waals surface area contributed by atoms with E-state index in [1.54, 1.807) is 0 Å². The van der Waals surface area contributed by atoms with Gasteiger partial charge in [-0.1, -0.05) is 30.7 Å². The quantitative estimate of drug-likeness (QED) is 0.651. The van der Waals surface area contributed by atoms with E-state index in [0.29, 0.717) is 17.5 Å². The number of nitrogens with one attached hydrogen (secondary N) is 1. The molecule has 3 unspecified atom stereocenters. The van der Waals surface area contributed by atoms with E-state index >= 15 is 0 Å². The van der Waals surface area contributed by atoms with E-state index in [0.717, 1.165) is 12.1 Å². The maximum atomic E-state index is 11.5. The van der Waals surface area contributed by atoms with Gasteiger partial charge in [-0.3, -0.25) is 0 Å². The van der Waals surface area contributed by atoms with Crippen molar-refractivity contribution < 1.29 is 9.90 Å². The van der Waals surface area contributed by atoms with Gasteiger partial charge in [0.05, 0.1) is 11.6 Å². The van der Waals surface area contributed by atoms with Gasteiger partial charge in [0.25, 0.3) is 0 Å². The zero-order valence-electron chi connectivity index (χ0n) is 14.6. The molecule has 2 aromatic carbocycles. The maximum Gasteiger partial charge on any atom is 0.333 e. The first-order valence-corrected chi connectivity index (χ1v) is 9.39.